The summed E-state index contributed by atoms with van der Waals surface area (Å²) in [7, 11) is 0. The number of nitrogens with zero attached hydrogens (tertiary/aromatic N) is 2. The van der Waals surface area contributed by atoms with Crippen LogP contribution in [-0.2, 0) is 4.74 Å². The fourth-order valence-corrected chi connectivity index (χ4v) is 2.12. The lowest BCUT2D eigenvalue weighted by Gasteiger charge is -2.25. The average Bonchev–Trinajstić information content (AvgIpc) is 2.68. The molecule has 4 N–H and O–H groups in total. The highest BCUT2D eigenvalue weighted by molar-refractivity contribution is 5.04. The van der Waals surface area contributed by atoms with E-state index in [9.17, 15) is 19.8 Å². The fourth-order valence-electron chi connectivity index (χ4n) is 2.12. The summed E-state index contributed by atoms with van der Waals surface area (Å²) in [6, 6.07) is 0. The van der Waals surface area contributed by atoms with E-state index in [1.54, 1.807) is 6.92 Å². The van der Waals surface area contributed by atoms with E-state index in [1.165, 1.54) is 13.1 Å². The minimum absolute atomic E-state index is 0.134. The number of aromatic nitrogens is 2. The van der Waals surface area contributed by atoms with Crippen LogP contribution in [0.2, 0.25) is 0 Å². The van der Waals surface area contributed by atoms with Crippen molar-refractivity contribution in [2.75, 3.05) is 12.4 Å². The first-order valence-corrected chi connectivity index (χ1v) is 5.87. The number of ether oxygens (including phenoxy) is 1. The molecule has 2 rings (SSSR count). The molecule has 106 valence electrons. The van der Waals surface area contributed by atoms with Crippen molar-refractivity contribution in [3.8, 4) is 0 Å². The van der Waals surface area contributed by atoms with Crippen LogP contribution in [0.5, 0.6) is 0 Å². The van der Waals surface area contributed by atoms with Gasteiger partial charge in [0.2, 0.25) is 0 Å². The maximum absolute atomic E-state index is 11.9. The highest BCUT2D eigenvalue weighted by Gasteiger charge is 2.45. The Morgan fingerprint density at radius 2 is 2.21 bits per heavy atom. The minimum Gasteiger partial charge on any atom is -0.393 e. The van der Waals surface area contributed by atoms with Gasteiger partial charge in [0.15, 0.2) is 0 Å². The van der Waals surface area contributed by atoms with Gasteiger partial charge < -0.3 is 20.8 Å². The normalized spacial score (nSPS) is 30.7. The van der Waals surface area contributed by atoms with Gasteiger partial charge in [0, 0.05) is 18.2 Å². The number of aryl methyl sites for hydroxylation is 1. The monoisotopic (exact) mass is 271 g/mol. The summed E-state index contributed by atoms with van der Waals surface area (Å²) in [5.74, 6) is 5.39. The van der Waals surface area contributed by atoms with E-state index < -0.39 is 29.2 Å². The summed E-state index contributed by atoms with van der Waals surface area (Å²) < 4.78 is 7.17. The Kier molecular flexibility index (Phi) is 3.25. The largest absolute Gasteiger partial charge is 0.393 e. The van der Waals surface area contributed by atoms with Gasteiger partial charge in [-0.25, -0.2) is 4.79 Å². The standard InChI is InChI=1S/C11H17N3O5/c1-6-4-13(10(18)14(12)9(6)17)8-3-7(16)11(2,5-15)19-8/h4,7-8,15-16H,3,5,12H2,1-2H3/t7?,8-,11-/m1/s1. The van der Waals surface area contributed by atoms with Crippen LogP contribution in [0.1, 0.15) is 25.1 Å². The number of nitrogen functional groups attached to an aromatic ring is 1. The van der Waals surface area contributed by atoms with E-state index in [0.717, 1.165) is 4.57 Å². The molecule has 1 fully saturated rings. The Morgan fingerprint density at radius 1 is 1.58 bits per heavy atom. The Bertz CT molecular complexity index is 607. The Hall–Kier alpha value is -1.64. The highest BCUT2D eigenvalue weighted by Crippen LogP contribution is 2.35. The van der Waals surface area contributed by atoms with Crippen molar-refractivity contribution in [2.24, 2.45) is 0 Å². The Morgan fingerprint density at radius 3 is 2.74 bits per heavy atom. The molecule has 0 aromatic carbocycles. The number of aliphatic hydroxyl groups excluding tert-OH is 2. The fraction of sp³-hybridized carbons (Fsp3) is 0.636. The van der Waals surface area contributed by atoms with E-state index in [2.05, 4.69) is 0 Å². The quantitative estimate of drug-likeness (QED) is 0.538. The zero-order chi connectivity index (χ0) is 14.4. The van der Waals surface area contributed by atoms with Crippen LogP contribution >= 0.6 is 0 Å². The van der Waals surface area contributed by atoms with Crippen LogP contribution in [0.25, 0.3) is 0 Å². The smallest absolute Gasteiger partial charge is 0.351 e. The Balaban J connectivity index is 2.46. The zero-order valence-corrected chi connectivity index (χ0v) is 10.7. The first-order chi connectivity index (χ1) is 8.80. The highest BCUT2D eigenvalue weighted by atomic mass is 16.6. The number of hydrogen-bond acceptors (Lipinski definition) is 6. The van der Waals surface area contributed by atoms with Crippen LogP contribution in [0.3, 0.4) is 0 Å². The molecule has 8 heteroatoms. The van der Waals surface area contributed by atoms with Gasteiger partial charge in [0.1, 0.15) is 11.8 Å². The molecule has 1 aromatic rings. The van der Waals surface area contributed by atoms with Crippen LogP contribution in [0, 0.1) is 6.92 Å². The molecule has 0 spiro atoms. The van der Waals surface area contributed by atoms with Crippen molar-refractivity contribution in [3.63, 3.8) is 0 Å². The van der Waals surface area contributed by atoms with Gasteiger partial charge in [0.25, 0.3) is 5.56 Å². The number of hydrogen-bond donors (Lipinski definition) is 3. The molecule has 2 heterocycles. The summed E-state index contributed by atoms with van der Waals surface area (Å²) in [6.45, 7) is 2.70. The van der Waals surface area contributed by atoms with E-state index in [0.29, 0.717) is 4.68 Å². The van der Waals surface area contributed by atoms with Gasteiger partial charge in [-0.05, 0) is 13.8 Å². The number of rotatable bonds is 2. The van der Waals surface area contributed by atoms with Crippen molar-refractivity contribution in [2.45, 2.75) is 38.2 Å². The van der Waals surface area contributed by atoms with Gasteiger partial charge in [0.05, 0.1) is 12.7 Å². The van der Waals surface area contributed by atoms with E-state index in [-0.39, 0.29) is 18.6 Å². The minimum atomic E-state index is -1.13. The van der Waals surface area contributed by atoms with Crippen molar-refractivity contribution < 1.29 is 14.9 Å². The first-order valence-electron chi connectivity index (χ1n) is 5.87. The maximum Gasteiger partial charge on any atom is 0.351 e. The summed E-state index contributed by atoms with van der Waals surface area (Å²) >= 11 is 0. The second-order valence-electron chi connectivity index (χ2n) is 4.97. The molecule has 1 unspecified atom stereocenters. The Labute approximate surface area is 108 Å². The van der Waals surface area contributed by atoms with Crippen molar-refractivity contribution in [3.05, 3.63) is 32.6 Å². The zero-order valence-electron chi connectivity index (χ0n) is 10.7. The molecule has 1 aliphatic rings. The molecule has 8 nitrogen and oxygen atoms in total. The van der Waals surface area contributed by atoms with Crippen LogP contribution in [0.4, 0.5) is 0 Å². The summed E-state index contributed by atoms with van der Waals surface area (Å²) in [5, 5.41) is 19.1. The molecule has 0 saturated carbocycles. The molecule has 1 aromatic heterocycles. The van der Waals surface area contributed by atoms with E-state index >= 15 is 0 Å². The molecule has 19 heavy (non-hydrogen) atoms. The van der Waals surface area contributed by atoms with E-state index in [1.807, 2.05) is 0 Å². The molecular formula is C11H17N3O5. The molecule has 0 amide bonds. The maximum atomic E-state index is 11.9. The molecule has 0 aliphatic carbocycles. The number of aliphatic hydroxyl groups is 2. The molecular weight excluding hydrogens is 254 g/mol. The SMILES string of the molecule is Cc1cn([C@H]2CC(O)[C@@](C)(CO)O2)c(=O)n(N)c1=O. The predicted octanol–water partition coefficient (Wildman–Crippen LogP) is -1.94. The van der Waals surface area contributed by atoms with Crippen LogP contribution in [-0.4, -0.2) is 37.8 Å². The third-order valence-corrected chi connectivity index (χ3v) is 3.48. The first kappa shape index (κ1) is 13.8. The summed E-state index contributed by atoms with van der Waals surface area (Å²) in [4.78, 5) is 23.4. The molecule has 0 radical (unpaired) electrons. The lowest BCUT2D eigenvalue weighted by atomic mass is 10.0. The van der Waals surface area contributed by atoms with E-state index in [4.69, 9.17) is 10.6 Å². The van der Waals surface area contributed by atoms with Crippen LogP contribution < -0.4 is 17.1 Å². The lowest BCUT2D eigenvalue weighted by Crippen LogP contribution is -2.46. The van der Waals surface area contributed by atoms with Gasteiger partial charge in [-0.2, -0.15) is 4.68 Å². The number of nitrogens with two attached hydrogens (primary N) is 1. The summed E-state index contributed by atoms with van der Waals surface area (Å²) in [6.07, 6.45) is -0.204. The van der Waals surface area contributed by atoms with Gasteiger partial charge >= 0.3 is 5.69 Å². The second-order valence-corrected chi connectivity index (χ2v) is 4.97. The summed E-state index contributed by atoms with van der Waals surface area (Å²) in [5.41, 5.74) is -2.15. The van der Waals surface area contributed by atoms with Crippen molar-refractivity contribution >= 4 is 0 Å². The van der Waals surface area contributed by atoms with Gasteiger partial charge in [-0.15, -0.1) is 0 Å². The molecule has 0 bridgehead atoms. The molecule has 1 saturated heterocycles. The predicted molar refractivity (Wildman–Crippen MR) is 66.1 cm³/mol. The topological polar surface area (TPSA) is 120 Å². The van der Waals surface area contributed by atoms with Crippen molar-refractivity contribution in [1.82, 2.24) is 9.24 Å². The van der Waals surface area contributed by atoms with Gasteiger partial charge in [-0.1, -0.05) is 0 Å². The molecule has 3 atom stereocenters. The average molecular weight is 271 g/mol. The van der Waals surface area contributed by atoms with Crippen LogP contribution in [0.15, 0.2) is 15.8 Å². The third kappa shape index (κ3) is 2.07. The lowest BCUT2D eigenvalue weighted by molar-refractivity contribution is -0.117. The third-order valence-electron chi connectivity index (χ3n) is 3.48. The second kappa shape index (κ2) is 4.48. The van der Waals surface area contributed by atoms with Crippen molar-refractivity contribution in [1.29, 1.82) is 0 Å². The van der Waals surface area contributed by atoms with Gasteiger partial charge in [-0.3, -0.25) is 9.36 Å². The molecule has 1 aliphatic heterocycles.